The van der Waals surface area contributed by atoms with Crippen molar-refractivity contribution in [3.63, 3.8) is 0 Å². The van der Waals surface area contributed by atoms with Gasteiger partial charge in [0.25, 0.3) is 0 Å². The van der Waals surface area contributed by atoms with Crippen molar-refractivity contribution in [1.82, 2.24) is 10.2 Å². The zero-order valence-electron chi connectivity index (χ0n) is 14.7. The maximum atomic E-state index is 10.2. The van der Waals surface area contributed by atoms with E-state index < -0.39 is 5.60 Å². The molecule has 1 saturated heterocycles. The number of β-amino-alcohol motifs (C(OH)–C–C–N with tert-alkyl or cyclic N) is 1. The quantitative estimate of drug-likeness (QED) is 0.782. The fourth-order valence-corrected chi connectivity index (χ4v) is 3.97. The second kappa shape index (κ2) is 6.55. The molecule has 3 heteroatoms. The summed E-state index contributed by atoms with van der Waals surface area (Å²) >= 11 is 0. The van der Waals surface area contributed by atoms with Crippen molar-refractivity contribution in [2.75, 3.05) is 26.2 Å². The molecule has 21 heavy (non-hydrogen) atoms. The van der Waals surface area contributed by atoms with E-state index in [2.05, 4.69) is 31.0 Å². The molecule has 0 aromatic carbocycles. The maximum absolute atomic E-state index is 10.2. The number of aliphatic hydroxyl groups is 1. The van der Waals surface area contributed by atoms with Crippen LogP contribution in [-0.4, -0.2) is 47.3 Å². The van der Waals surface area contributed by atoms with Gasteiger partial charge in [-0.15, -0.1) is 0 Å². The first-order chi connectivity index (χ1) is 9.70. The highest BCUT2D eigenvalue weighted by Gasteiger charge is 2.38. The predicted molar refractivity (Wildman–Crippen MR) is 89.6 cm³/mol. The van der Waals surface area contributed by atoms with Crippen LogP contribution in [0.3, 0.4) is 0 Å². The molecule has 0 radical (unpaired) electrons. The number of nitrogens with zero attached hydrogens (tertiary/aromatic N) is 1. The van der Waals surface area contributed by atoms with Gasteiger partial charge in [0, 0.05) is 31.7 Å². The Hall–Kier alpha value is -0.120. The zero-order chi connectivity index (χ0) is 15.6. The van der Waals surface area contributed by atoms with Crippen molar-refractivity contribution >= 4 is 0 Å². The summed E-state index contributed by atoms with van der Waals surface area (Å²) in [6, 6.07) is 0. The molecular formula is C18H36N2O. The molecule has 124 valence electrons. The van der Waals surface area contributed by atoms with Crippen molar-refractivity contribution in [3.05, 3.63) is 0 Å². The topological polar surface area (TPSA) is 35.5 Å². The SMILES string of the molecule is CC1(O)CCN(CC2(CNC(C)(C)C)CCCCCC2)C1. The number of nitrogens with one attached hydrogen (secondary N) is 1. The summed E-state index contributed by atoms with van der Waals surface area (Å²) in [4.78, 5) is 2.51. The molecule has 2 fully saturated rings. The Balaban J connectivity index is 2.01. The second-order valence-corrected chi connectivity index (χ2v) is 8.98. The minimum absolute atomic E-state index is 0.190. The Kier molecular flexibility index (Phi) is 5.38. The van der Waals surface area contributed by atoms with E-state index in [1.54, 1.807) is 0 Å². The van der Waals surface area contributed by atoms with Crippen molar-refractivity contribution < 1.29 is 5.11 Å². The molecule has 1 aliphatic carbocycles. The Morgan fingerprint density at radius 2 is 1.67 bits per heavy atom. The van der Waals surface area contributed by atoms with Crippen molar-refractivity contribution in [2.45, 2.75) is 83.8 Å². The van der Waals surface area contributed by atoms with E-state index in [9.17, 15) is 5.11 Å². The average Bonchev–Trinajstić information content (AvgIpc) is 2.58. The third-order valence-electron chi connectivity index (χ3n) is 5.25. The molecule has 0 spiro atoms. The van der Waals surface area contributed by atoms with E-state index in [1.807, 2.05) is 6.92 Å². The largest absolute Gasteiger partial charge is 0.389 e. The van der Waals surface area contributed by atoms with Gasteiger partial charge >= 0.3 is 0 Å². The van der Waals surface area contributed by atoms with Gasteiger partial charge in [-0.25, -0.2) is 0 Å². The summed E-state index contributed by atoms with van der Waals surface area (Å²) in [6.45, 7) is 13.0. The van der Waals surface area contributed by atoms with Gasteiger partial charge in [-0.1, -0.05) is 25.7 Å². The Morgan fingerprint density at radius 3 is 2.14 bits per heavy atom. The molecule has 0 aromatic heterocycles. The normalized spacial score (nSPS) is 31.3. The van der Waals surface area contributed by atoms with E-state index >= 15 is 0 Å². The summed E-state index contributed by atoms with van der Waals surface area (Å²) in [5.74, 6) is 0. The molecule has 2 rings (SSSR count). The first-order valence-electron chi connectivity index (χ1n) is 8.90. The van der Waals surface area contributed by atoms with Crippen LogP contribution in [0.4, 0.5) is 0 Å². The molecule has 0 aromatic rings. The minimum Gasteiger partial charge on any atom is -0.389 e. The smallest absolute Gasteiger partial charge is 0.0758 e. The highest BCUT2D eigenvalue weighted by Crippen LogP contribution is 2.37. The van der Waals surface area contributed by atoms with Crippen LogP contribution in [0.2, 0.25) is 0 Å². The molecule has 1 atom stereocenters. The zero-order valence-corrected chi connectivity index (χ0v) is 14.7. The lowest BCUT2D eigenvalue weighted by molar-refractivity contribution is 0.0570. The Morgan fingerprint density at radius 1 is 1.05 bits per heavy atom. The van der Waals surface area contributed by atoms with Gasteiger partial charge in [-0.3, -0.25) is 4.90 Å². The van der Waals surface area contributed by atoms with Crippen LogP contribution in [0, 0.1) is 5.41 Å². The minimum atomic E-state index is -0.469. The summed E-state index contributed by atoms with van der Waals surface area (Å²) in [6.07, 6.45) is 9.15. The van der Waals surface area contributed by atoms with Gasteiger partial charge in [0.15, 0.2) is 0 Å². The van der Waals surface area contributed by atoms with Gasteiger partial charge in [-0.05, 0) is 52.4 Å². The summed E-state index contributed by atoms with van der Waals surface area (Å²) < 4.78 is 0. The van der Waals surface area contributed by atoms with E-state index in [-0.39, 0.29) is 5.54 Å². The van der Waals surface area contributed by atoms with Crippen molar-refractivity contribution in [2.24, 2.45) is 5.41 Å². The van der Waals surface area contributed by atoms with Crippen LogP contribution < -0.4 is 5.32 Å². The highest BCUT2D eigenvalue weighted by molar-refractivity contribution is 4.93. The average molecular weight is 296 g/mol. The Labute approximate surface area is 131 Å². The van der Waals surface area contributed by atoms with Gasteiger partial charge in [-0.2, -0.15) is 0 Å². The standard InChI is InChI=1S/C18H36N2O/c1-16(2,3)19-13-18(9-7-5-6-8-10-18)15-20-12-11-17(4,21)14-20/h19,21H,5-15H2,1-4H3. The summed E-state index contributed by atoms with van der Waals surface area (Å²) in [5, 5.41) is 14.0. The number of rotatable bonds is 4. The van der Waals surface area contributed by atoms with Crippen molar-refractivity contribution in [3.8, 4) is 0 Å². The summed E-state index contributed by atoms with van der Waals surface area (Å²) in [5.41, 5.74) is 0.128. The summed E-state index contributed by atoms with van der Waals surface area (Å²) in [7, 11) is 0. The fraction of sp³-hybridized carbons (Fsp3) is 1.00. The van der Waals surface area contributed by atoms with Crippen LogP contribution in [0.15, 0.2) is 0 Å². The number of likely N-dealkylation sites (tertiary alicyclic amines) is 1. The first-order valence-corrected chi connectivity index (χ1v) is 8.90. The molecule has 0 amide bonds. The molecular weight excluding hydrogens is 260 g/mol. The van der Waals surface area contributed by atoms with Crippen LogP contribution in [0.5, 0.6) is 0 Å². The number of hydrogen-bond acceptors (Lipinski definition) is 3. The van der Waals surface area contributed by atoms with Gasteiger partial charge in [0.2, 0.25) is 0 Å². The van der Waals surface area contributed by atoms with Crippen LogP contribution in [-0.2, 0) is 0 Å². The van der Waals surface area contributed by atoms with Crippen LogP contribution >= 0.6 is 0 Å². The number of hydrogen-bond donors (Lipinski definition) is 2. The van der Waals surface area contributed by atoms with E-state index in [0.29, 0.717) is 5.41 Å². The molecule has 1 unspecified atom stereocenters. The van der Waals surface area contributed by atoms with Crippen molar-refractivity contribution in [1.29, 1.82) is 0 Å². The van der Waals surface area contributed by atoms with Gasteiger partial charge in [0.1, 0.15) is 0 Å². The lowest BCUT2D eigenvalue weighted by atomic mass is 9.79. The molecule has 1 saturated carbocycles. The van der Waals surface area contributed by atoms with E-state index in [1.165, 1.54) is 38.5 Å². The van der Waals surface area contributed by atoms with Gasteiger partial charge < -0.3 is 10.4 Å². The molecule has 3 nitrogen and oxygen atoms in total. The molecule has 1 aliphatic heterocycles. The van der Waals surface area contributed by atoms with E-state index in [4.69, 9.17) is 0 Å². The molecule has 2 aliphatic rings. The third kappa shape index (κ3) is 5.54. The molecule has 1 heterocycles. The lowest BCUT2D eigenvalue weighted by Gasteiger charge is -2.39. The predicted octanol–water partition coefficient (Wildman–Crippen LogP) is 3.17. The van der Waals surface area contributed by atoms with Gasteiger partial charge in [0.05, 0.1) is 5.60 Å². The lowest BCUT2D eigenvalue weighted by Crippen LogP contribution is -2.49. The first kappa shape index (κ1) is 17.2. The molecule has 2 N–H and O–H groups in total. The monoisotopic (exact) mass is 296 g/mol. The fourth-order valence-electron chi connectivity index (χ4n) is 3.97. The maximum Gasteiger partial charge on any atom is 0.0758 e. The Bertz CT molecular complexity index is 325. The van der Waals surface area contributed by atoms with Crippen LogP contribution in [0.1, 0.15) is 72.6 Å². The van der Waals surface area contributed by atoms with Crippen LogP contribution in [0.25, 0.3) is 0 Å². The van der Waals surface area contributed by atoms with E-state index in [0.717, 1.165) is 32.6 Å². The molecule has 0 bridgehead atoms. The highest BCUT2D eigenvalue weighted by atomic mass is 16.3. The second-order valence-electron chi connectivity index (χ2n) is 8.98. The third-order valence-corrected chi connectivity index (χ3v) is 5.25.